The molecule has 0 aliphatic rings. The van der Waals surface area contributed by atoms with Crippen LogP contribution in [0.15, 0.2) is 24.3 Å². The van der Waals surface area contributed by atoms with Crippen LogP contribution < -0.4 is 5.14 Å². The maximum atomic E-state index is 11.4. The fourth-order valence-electron chi connectivity index (χ4n) is 1.35. The molecule has 2 atom stereocenters. The molecule has 0 saturated carbocycles. The van der Waals surface area contributed by atoms with Gasteiger partial charge in [-0.25, -0.2) is 0 Å². The molecular formula is C11H16ClNOS. The second-order valence-corrected chi connectivity index (χ2v) is 6.26. The highest BCUT2D eigenvalue weighted by molar-refractivity contribution is 7.90. The van der Waals surface area contributed by atoms with Crippen LogP contribution in [0, 0.1) is 0 Å². The summed E-state index contributed by atoms with van der Waals surface area (Å²) in [7, 11) is 0. The highest BCUT2D eigenvalue weighted by Gasteiger charge is 2.37. The summed E-state index contributed by atoms with van der Waals surface area (Å²) in [6.45, 7) is 5.81. The highest BCUT2D eigenvalue weighted by atomic mass is 35.5. The summed E-state index contributed by atoms with van der Waals surface area (Å²) in [5.41, 5.74) is 1.06. The molecule has 0 aromatic heterocycles. The first-order chi connectivity index (χ1) is 6.85. The third kappa shape index (κ3) is 2.88. The lowest BCUT2D eigenvalue weighted by Crippen LogP contribution is -2.42. The van der Waals surface area contributed by atoms with E-state index in [0.717, 1.165) is 5.56 Å². The lowest BCUT2D eigenvalue weighted by Gasteiger charge is -2.30. The highest BCUT2D eigenvalue weighted by Crippen LogP contribution is 2.33. The number of benzene rings is 1. The average Bonchev–Trinajstić information content (AvgIpc) is 2.16. The van der Waals surface area contributed by atoms with Gasteiger partial charge in [0.15, 0.2) is 0 Å². The third-order valence-corrected chi connectivity index (χ3v) is 4.54. The molecule has 0 saturated heterocycles. The van der Waals surface area contributed by atoms with Gasteiger partial charge >= 0.3 is 0 Å². The van der Waals surface area contributed by atoms with Crippen LogP contribution in [0.2, 0.25) is 5.02 Å². The van der Waals surface area contributed by atoms with Crippen molar-refractivity contribution in [2.24, 2.45) is 5.14 Å². The summed E-state index contributed by atoms with van der Waals surface area (Å²) < 4.78 is 11.0. The molecule has 0 aliphatic carbocycles. The molecule has 1 aromatic rings. The van der Waals surface area contributed by atoms with E-state index in [4.69, 9.17) is 16.7 Å². The Morgan fingerprint density at radius 3 is 2.53 bits per heavy atom. The molecule has 15 heavy (non-hydrogen) atoms. The van der Waals surface area contributed by atoms with Gasteiger partial charge in [0.25, 0.3) is 0 Å². The number of hydrogen-bond donors (Lipinski definition) is 1. The van der Waals surface area contributed by atoms with E-state index in [9.17, 15) is 4.55 Å². The average molecular weight is 246 g/mol. The second-order valence-electron chi connectivity index (χ2n) is 4.18. The van der Waals surface area contributed by atoms with Crippen molar-refractivity contribution < 1.29 is 4.55 Å². The van der Waals surface area contributed by atoms with E-state index in [1.165, 1.54) is 0 Å². The van der Waals surface area contributed by atoms with Crippen LogP contribution in [0.5, 0.6) is 0 Å². The van der Waals surface area contributed by atoms with Gasteiger partial charge in [-0.05, 0) is 31.5 Å². The van der Waals surface area contributed by atoms with Crippen molar-refractivity contribution in [3.05, 3.63) is 34.9 Å². The number of halogens is 1. The Balaban J connectivity index is 2.99. The molecular weight excluding hydrogens is 230 g/mol. The third-order valence-electron chi connectivity index (χ3n) is 2.91. The summed E-state index contributed by atoms with van der Waals surface area (Å²) in [5, 5.41) is 6.18. The van der Waals surface area contributed by atoms with Crippen LogP contribution in [0.25, 0.3) is 0 Å². The predicted octanol–water partition coefficient (Wildman–Crippen LogP) is 2.84. The standard InChI is InChI=1S/C11H16ClNOS/c1-8(11(2,3)15(13)14)9-5-4-6-10(12)7-9/h4-8H,13H2,1-3H3. The van der Waals surface area contributed by atoms with Gasteiger partial charge < -0.3 is 4.55 Å². The van der Waals surface area contributed by atoms with Gasteiger partial charge in [0.2, 0.25) is 0 Å². The minimum absolute atomic E-state index is 0.0991. The molecule has 2 nitrogen and oxygen atoms in total. The molecule has 1 aromatic carbocycles. The van der Waals surface area contributed by atoms with Crippen LogP contribution >= 0.6 is 11.6 Å². The van der Waals surface area contributed by atoms with Gasteiger partial charge in [-0.3, -0.25) is 0 Å². The van der Waals surface area contributed by atoms with Gasteiger partial charge in [0, 0.05) is 22.3 Å². The second kappa shape index (κ2) is 4.74. The summed E-state index contributed by atoms with van der Waals surface area (Å²) in [6, 6.07) is 7.58. The first-order valence-electron chi connectivity index (χ1n) is 4.77. The largest absolute Gasteiger partial charge is 0.598 e. The smallest absolute Gasteiger partial charge is 0.145 e. The molecule has 0 spiro atoms. The fraction of sp³-hybridized carbons (Fsp3) is 0.455. The fourth-order valence-corrected chi connectivity index (χ4v) is 2.03. The van der Waals surface area contributed by atoms with Crippen LogP contribution in [-0.4, -0.2) is 9.30 Å². The maximum Gasteiger partial charge on any atom is 0.145 e. The van der Waals surface area contributed by atoms with Crippen molar-refractivity contribution >= 4 is 23.0 Å². The van der Waals surface area contributed by atoms with Crippen LogP contribution in [0.3, 0.4) is 0 Å². The zero-order chi connectivity index (χ0) is 11.6. The molecule has 84 valence electrons. The Hall–Kier alpha value is -0.220. The topological polar surface area (TPSA) is 49.1 Å². The molecule has 0 radical (unpaired) electrons. The van der Waals surface area contributed by atoms with Gasteiger partial charge in [-0.1, -0.05) is 30.7 Å². The Kier molecular flexibility index (Phi) is 4.06. The van der Waals surface area contributed by atoms with E-state index < -0.39 is 16.1 Å². The van der Waals surface area contributed by atoms with Gasteiger partial charge in [-0.15, -0.1) is 0 Å². The predicted molar refractivity (Wildman–Crippen MR) is 66.3 cm³/mol. The van der Waals surface area contributed by atoms with Crippen molar-refractivity contribution in [2.45, 2.75) is 31.4 Å². The maximum absolute atomic E-state index is 11.4. The molecule has 0 aliphatic heterocycles. The van der Waals surface area contributed by atoms with E-state index in [1.54, 1.807) is 0 Å². The Morgan fingerprint density at radius 2 is 2.07 bits per heavy atom. The van der Waals surface area contributed by atoms with E-state index >= 15 is 0 Å². The molecule has 0 fully saturated rings. The van der Waals surface area contributed by atoms with Crippen LogP contribution in [-0.2, 0) is 11.4 Å². The van der Waals surface area contributed by atoms with Crippen molar-refractivity contribution in [3.8, 4) is 0 Å². The first-order valence-corrected chi connectivity index (χ1v) is 6.36. The monoisotopic (exact) mass is 245 g/mol. The minimum atomic E-state index is -1.36. The molecule has 4 heteroatoms. The van der Waals surface area contributed by atoms with Crippen molar-refractivity contribution in [1.82, 2.24) is 0 Å². The van der Waals surface area contributed by atoms with Crippen LogP contribution in [0.1, 0.15) is 32.3 Å². The number of hydrogen-bond acceptors (Lipinski definition) is 2. The summed E-state index contributed by atoms with van der Waals surface area (Å²) >= 11 is 4.56. The molecule has 1 rings (SSSR count). The quantitative estimate of drug-likeness (QED) is 0.833. The van der Waals surface area contributed by atoms with Gasteiger partial charge in [0.1, 0.15) is 4.75 Å². The zero-order valence-corrected chi connectivity index (χ0v) is 10.7. The first kappa shape index (κ1) is 12.8. The molecule has 0 heterocycles. The van der Waals surface area contributed by atoms with E-state index in [1.807, 2.05) is 45.0 Å². The lowest BCUT2D eigenvalue weighted by molar-refractivity contribution is 0.504. The Labute approximate surface area is 99.1 Å². The SMILES string of the molecule is CC(c1cccc(Cl)c1)C(C)(C)[S+](N)[O-]. The molecule has 2 unspecified atom stereocenters. The summed E-state index contributed by atoms with van der Waals surface area (Å²) in [4.78, 5) is 0. The van der Waals surface area contributed by atoms with Crippen molar-refractivity contribution in [1.29, 1.82) is 0 Å². The van der Waals surface area contributed by atoms with Gasteiger partial charge in [0.05, 0.1) is 0 Å². The Morgan fingerprint density at radius 1 is 1.47 bits per heavy atom. The molecule has 2 N–H and O–H groups in total. The van der Waals surface area contributed by atoms with Crippen molar-refractivity contribution in [3.63, 3.8) is 0 Å². The van der Waals surface area contributed by atoms with E-state index in [2.05, 4.69) is 0 Å². The van der Waals surface area contributed by atoms with E-state index in [-0.39, 0.29) is 5.92 Å². The Bertz CT molecular complexity index is 341. The zero-order valence-electron chi connectivity index (χ0n) is 9.16. The normalized spacial score (nSPS) is 16.1. The summed E-state index contributed by atoms with van der Waals surface area (Å²) in [5.74, 6) is 0.0991. The number of rotatable bonds is 3. The number of nitrogens with two attached hydrogens (primary N) is 1. The minimum Gasteiger partial charge on any atom is -0.598 e. The summed E-state index contributed by atoms with van der Waals surface area (Å²) in [6.07, 6.45) is 0. The van der Waals surface area contributed by atoms with E-state index in [0.29, 0.717) is 5.02 Å². The molecule has 0 amide bonds. The van der Waals surface area contributed by atoms with Crippen molar-refractivity contribution in [2.75, 3.05) is 0 Å². The molecule has 0 bridgehead atoms. The van der Waals surface area contributed by atoms with Crippen LogP contribution in [0.4, 0.5) is 0 Å². The lowest BCUT2D eigenvalue weighted by atomic mass is 9.89. The van der Waals surface area contributed by atoms with Gasteiger partial charge in [-0.2, -0.15) is 5.14 Å².